The van der Waals surface area contributed by atoms with Crippen LogP contribution in [0.2, 0.25) is 0 Å². The first-order valence-electron chi connectivity index (χ1n) is 12.6. The van der Waals surface area contributed by atoms with Gasteiger partial charge >= 0.3 is 0 Å². The second kappa shape index (κ2) is 9.58. The molecule has 1 aliphatic rings. The van der Waals surface area contributed by atoms with Crippen molar-refractivity contribution in [2.45, 2.75) is 45.2 Å². The Morgan fingerprint density at radius 3 is 2.38 bits per heavy atom. The summed E-state index contributed by atoms with van der Waals surface area (Å²) in [4.78, 5) is 22.5. The van der Waals surface area contributed by atoms with Crippen molar-refractivity contribution in [3.63, 3.8) is 0 Å². The minimum absolute atomic E-state index is 0.0191. The molecule has 6 nitrogen and oxygen atoms in total. The number of thioether (sulfide) groups is 1. The Morgan fingerprint density at radius 1 is 1.05 bits per heavy atom. The molecule has 188 valence electrons. The molecule has 3 heterocycles. The molecule has 8 heteroatoms. The fourth-order valence-corrected chi connectivity index (χ4v) is 7.19. The highest BCUT2D eigenvalue weighted by Crippen LogP contribution is 2.43. The quantitative estimate of drug-likeness (QED) is 0.232. The number of carbonyl (C=O) groups is 1. The lowest BCUT2D eigenvalue weighted by atomic mass is 9.72. The lowest BCUT2D eigenvalue weighted by Gasteiger charge is -2.33. The van der Waals surface area contributed by atoms with Crippen molar-refractivity contribution in [2.24, 2.45) is 11.3 Å². The summed E-state index contributed by atoms with van der Waals surface area (Å²) in [6.45, 7) is 7.02. The van der Waals surface area contributed by atoms with Gasteiger partial charge in [-0.05, 0) is 60.4 Å². The molecule has 0 saturated carbocycles. The van der Waals surface area contributed by atoms with Crippen LogP contribution in [0, 0.1) is 11.3 Å². The molecule has 0 radical (unpaired) electrons. The summed E-state index contributed by atoms with van der Waals surface area (Å²) in [5, 5.41) is 10.9. The highest BCUT2D eigenvalue weighted by molar-refractivity contribution is 7.99. The van der Waals surface area contributed by atoms with Gasteiger partial charge in [0.2, 0.25) is 5.91 Å². The molecule has 3 aromatic heterocycles. The maximum absolute atomic E-state index is 13.5. The molecule has 1 atom stereocenters. The predicted molar refractivity (Wildman–Crippen MR) is 152 cm³/mol. The molecule has 2 aromatic carbocycles. The summed E-state index contributed by atoms with van der Waals surface area (Å²) in [7, 11) is 0. The third-order valence-corrected chi connectivity index (χ3v) is 9.34. The van der Waals surface area contributed by atoms with Crippen molar-refractivity contribution in [3.8, 4) is 0 Å². The maximum Gasteiger partial charge on any atom is 0.242 e. The minimum Gasteiger partial charge on any atom is -0.280 e. The van der Waals surface area contributed by atoms with Crippen molar-refractivity contribution in [1.82, 2.24) is 19.6 Å². The van der Waals surface area contributed by atoms with E-state index in [0.29, 0.717) is 16.5 Å². The molecule has 5 aromatic rings. The molecular formula is C29H29N5OS2. The molecule has 0 N–H and O–H groups in total. The van der Waals surface area contributed by atoms with E-state index in [1.165, 1.54) is 28.6 Å². The summed E-state index contributed by atoms with van der Waals surface area (Å²) >= 11 is 3.20. The highest BCUT2D eigenvalue weighted by Gasteiger charge is 2.32. The van der Waals surface area contributed by atoms with E-state index in [0.717, 1.165) is 40.1 Å². The number of amides is 1. The molecule has 0 fully saturated rings. The Morgan fingerprint density at radius 2 is 1.73 bits per heavy atom. The van der Waals surface area contributed by atoms with E-state index in [1.54, 1.807) is 22.6 Å². The third kappa shape index (κ3) is 4.53. The van der Waals surface area contributed by atoms with E-state index in [-0.39, 0.29) is 11.7 Å². The number of hydrogen-bond acceptors (Lipinski definition) is 6. The van der Waals surface area contributed by atoms with E-state index in [9.17, 15) is 4.79 Å². The van der Waals surface area contributed by atoms with Crippen molar-refractivity contribution in [3.05, 3.63) is 77.4 Å². The van der Waals surface area contributed by atoms with Crippen LogP contribution in [-0.4, -0.2) is 31.2 Å². The Kier molecular flexibility index (Phi) is 6.24. The van der Waals surface area contributed by atoms with Gasteiger partial charge in [-0.3, -0.25) is 14.1 Å². The maximum atomic E-state index is 13.5. The Balaban J connectivity index is 1.28. The van der Waals surface area contributed by atoms with E-state index in [4.69, 9.17) is 4.98 Å². The van der Waals surface area contributed by atoms with E-state index in [1.807, 2.05) is 65.1 Å². The first-order valence-corrected chi connectivity index (χ1v) is 14.4. The number of rotatable bonds is 5. The number of benzene rings is 2. The number of carbonyl (C=O) groups excluding carboxylic acids is 1. The zero-order valence-corrected chi connectivity index (χ0v) is 22.9. The summed E-state index contributed by atoms with van der Waals surface area (Å²) in [5.74, 6) is 0.892. The van der Waals surface area contributed by atoms with Gasteiger partial charge in [-0.15, -0.1) is 21.5 Å². The lowest BCUT2D eigenvalue weighted by Crippen LogP contribution is -2.27. The standard InChI is InChI=1S/C29H29N5OS2/c1-29(2,3)19-14-15-22-23(16-19)37-27-25(22)26-31-32-28(33(26)18-30-27)36-17-24(35)34(20-10-6-4-7-11-20)21-12-8-5-9-13-21/h4-13,18-19H,14-17H2,1-3H3. The topological polar surface area (TPSA) is 63.4 Å². The van der Waals surface area contributed by atoms with Gasteiger partial charge in [0.1, 0.15) is 11.2 Å². The molecule has 1 unspecified atom stereocenters. The lowest BCUT2D eigenvalue weighted by molar-refractivity contribution is -0.115. The number of anilines is 2. The summed E-state index contributed by atoms with van der Waals surface area (Å²) in [5.41, 5.74) is 4.21. The normalized spacial score (nSPS) is 15.7. The van der Waals surface area contributed by atoms with Crippen LogP contribution in [0.3, 0.4) is 0 Å². The van der Waals surface area contributed by atoms with E-state index < -0.39 is 0 Å². The number of aryl methyl sites for hydroxylation is 1. The largest absolute Gasteiger partial charge is 0.280 e. The Labute approximate surface area is 224 Å². The van der Waals surface area contributed by atoms with Crippen LogP contribution >= 0.6 is 23.1 Å². The van der Waals surface area contributed by atoms with Crippen molar-refractivity contribution >= 4 is 56.2 Å². The molecule has 1 aliphatic carbocycles. The smallest absolute Gasteiger partial charge is 0.242 e. The van der Waals surface area contributed by atoms with Gasteiger partial charge in [0.05, 0.1) is 11.1 Å². The molecule has 0 saturated heterocycles. The fourth-order valence-electron chi connectivity index (χ4n) is 5.17. The van der Waals surface area contributed by atoms with Gasteiger partial charge in [0.25, 0.3) is 0 Å². The number of fused-ring (bicyclic) bond motifs is 5. The van der Waals surface area contributed by atoms with Crippen LogP contribution in [-0.2, 0) is 17.6 Å². The zero-order chi connectivity index (χ0) is 25.6. The monoisotopic (exact) mass is 527 g/mol. The number of para-hydroxylation sites is 2. The number of aromatic nitrogens is 4. The van der Waals surface area contributed by atoms with Crippen LogP contribution in [0.5, 0.6) is 0 Å². The predicted octanol–water partition coefficient (Wildman–Crippen LogP) is 6.95. The van der Waals surface area contributed by atoms with Gasteiger partial charge in [0, 0.05) is 16.3 Å². The van der Waals surface area contributed by atoms with Gasteiger partial charge in [-0.2, -0.15) is 0 Å². The molecule has 37 heavy (non-hydrogen) atoms. The van der Waals surface area contributed by atoms with Crippen LogP contribution in [0.25, 0.3) is 15.9 Å². The summed E-state index contributed by atoms with van der Waals surface area (Å²) in [6, 6.07) is 19.5. The zero-order valence-electron chi connectivity index (χ0n) is 21.2. The van der Waals surface area contributed by atoms with Crippen molar-refractivity contribution < 1.29 is 4.79 Å². The van der Waals surface area contributed by atoms with Gasteiger partial charge in [-0.1, -0.05) is 68.9 Å². The summed E-state index contributed by atoms with van der Waals surface area (Å²) < 4.78 is 1.94. The Hall–Kier alpha value is -3.23. The average Bonchev–Trinajstić information content (AvgIpc) is 3.48. The third-order valence-electron chi connectivity index (χ3n) is 7.25. The first-order chi connectivity index (χ1) is 17.9. The van der Waals surface area contributed by atoms with Crippen LogP contribution in [0.4, 0.5) is 11.4 Å². The second-order valence-electron chi connectivity index (χ2n) is 10.6. The first kappa shape index (κ1) is 24.1. The minimum atomic E-state index is -0.0191. The van der Waals surface area contributed by atoms with Gasteiger partial charge < -0.3 is 0 Å². The average molecular weight is 528 g/mol. The van der Waals surface area contributed by atoms with Gasteiger partial charge in [0.15, 0.2) is 10.8 Å². The van der Waals surface area contributed by atoms with E-state index in [2.05, 4.69) is 31.0 Å². The van der Waals surface area contributed by atoms with Gasteiger partial charge in [-0.25, -0.2) is 4.98 Å². The second-order valence-corrected chi connectivity index (χ2v) is 12.6. The Bertz CT molecular complexity index is 1530. The summed E-state index contributed by atoms with van der Waals surface area (Å²) in [6.07, 6.45) is 5.14. The SMILES string of the molecule is CC(C)(C)C1CCc2c(sc3ncn4c(SCC(=O)N(c5ccccc5)c5ccccc5)nnc4c23)C1. The number of hydrogen-bond donors (Lipinski definition) is 0. The highest BCUT2D eigenvalue weighted by atomic mass is 32.2. The molecule has 0 bridgehead atoms. The number of thiophene rings is 1. The van der Waals surface area contributed by atoms with Crippen LogP contribution < -0.4 is 4.90 Å². The molecule has 1 amide bonds. The van der Waals surface area contributed by atoms with Crippen molar-refractivity contribution in [1.29, 1.82) is 0 Å². The molecule has 0 spiro atoms. The molecule has 0 aliphatic heterocycles. The fraction of sp³-hybridized carbons (Fsp3) is 0.310. The van der Waals surface area contributed by atoms with Crippen LogP contribution in [0.1, 0.15) is 37.6 Å². The van der Waals surface area contributed by atoms with Crippen molar-refractivity contribution in [2.75, 3.05) is 10.7 Å². The van der Waals surface area contributed by atoms with Crippen LogP contribution in [0.15, 0.2) is 72.1 Å². The molecular weight excluding hydrogens is 498 g/mol. The van der Waals surface area contributed by atoms with E-state index >= 15 is 0 Å². The number of nitrogens with zero attached hydrogens (tertiary/aromatic N) is 5. The molecule has 6 rings (SSSR count).